The minimum Gasteiger partial charge on any atom is -0.469 e. The minimum absolute atomic E-state index is 0.178. The summed E-state index contributed by atoms with van der Waals surface area (Å²) in [5.74, 6) is 1.20. The van der Waals surface area contributed by atoms with Gasteiger partial charge >= 0.3 is 0 Å². The fourth-order valence-electron chi connectivity index (χ4n) is 2.43. The Morgan fingerprint density at radius 2 is 2.05 bits per heavy atom. The Bertz CT molecular complexity index is 774. The summed E-state index contributed by atoms with van der Waals surface area (Å²) in [4.78, 5) is 16.9. The van der Waals surface area contributed by atoms with Crippen molar-refractivity contribution in [3.8, 4) is 0 Å². The third kappa shape index (κ3) is 2.65. The lowest BCUT2D eigenvalue weighted by molar-refractivity contribution is 0.0939. The minimum atomic E-state index is -0.317. The zero-order valence-electron chi connectivity index (χ0n) is 12.5. The number of carbonyl (C=O) groups is 1. The maximum Gasteiger partial charge on any atom is 0.255 e. The second kappa shape index (κ2) is 5.89. The van der Waals surface area contributed by atoms with Gasteiger partial charge in [-0.2, -0.15) is 0 Å². The van der Waals surface area contributed by atoms with Crippen molar-refractivity contribution in [2.45, 2.75) is 13.0 Å². The molecule has 1 unspecified atom stereocenters. The van der Waals surface area contributed by atoms with Crippen molar-refractivity contribution >= 4 is 5.91 Å². The van der Waals surface area contributed by atoms with Crippen LogP contribution in [0.15, 0.2) is 59.5 Å². The Kier molecular flexibility index (Phi) is 3.78. The van der Waals surface area contributed by atoms with E-state index in [9.17, 15) is 4.79 Å². The molecule has 5 heteroatoms. The van der Waals surface area contributed by atoms with E-state index in [0.717, 1.165) is 11.4 Å². The fourth-order valence-corrected chi connectivity index (χ4v) is 2.43. The van der Waals surface area contributed by atoms with Crippen molar-refractivity contribution < 1.29 is 9.21 Å². The zero-order chi connectivity index (χ0) is 15.5. The third-order valence-electron chi connectivity index (χ3n) is 3.63. The maximum atomic E-state index is 12.5. The predicted octanol–water partition coefficient (Wildman–Crippen LogP) is 2.84. The molecule has 2 aromatic heterocycles. The van der Waals surface area contributed by atoms with Gasteiger partial charge in [-0.05, 0) is 18.6 Å². The molecule has 112 valence electrons. The standard InChI is InChI=1S/C17H17N3O2/c1-12-14(8-11-22-12)17(21)19-15(13-6-4-3-5-7-13)16-18-9-10-20(16)2/h3-11,15H,1-2H3,(H,19,21). The molecule has 1 N–H and O–H groups in total. The highest BCUT2D eigenvalue weighted by molar-refractivity contribution is 5.95. The number of imidazole rings is 1. The first-order chi connectivity index (χ1) is 10.7. The van der Waals surface area contributed by atoms with Crippen LogP contribution in [0.5, 0.6) is 0 Å². The van der Waals surface area contributed by atoms with Gasteiger partial charge in [-0.25, -0.2) is 4.98 Å². The highest BCUT2D eigenvalue weighted by Gasteiger charge is 2.22. The lowest BCUT2D eigenvalue weighted by Gasteiger charge is -2.19. The van der Waals surface area contributed by atoms with E-state index in [0.29, 0.717) is 11.3 Å². The van der Waals surface area contributed by atoms with Crippen LogP contribution in [0.25, 0.3) is 0 Å². The zero-order valence-corrected chi connectivity index (χ0v) is 12.5. The Balaban J connectivity index is 1.95. The fraction of sp³-hybridized carbons (Fsp3) is 0.176. The van der Waals surface area contributed by atoms with Crippen LogP contribution in [0, 0.1) is 6.92 Å². The van der Waals surface area contributed by atoms with Crippen molar-refractivity contribution in [1.29, 1.82) is 0 Å². The molecular weight excluding hydrogens is 278 g/mol. The Morgan fingerprint density at radius 1 is 1.27 bits per heavy atom. The number of hydrogen-bond acceptors (Lipinski definition) is 3. The van der Waals surface area contributed by atoms with Gasteiger partial charge in [0.15, 0.2) is 0 Å². The molecule has 0 aliphatic rings. The molecule has 22 heavy (non-hydrogen) atoms. The molecule has 2 heterocycles. The highest BCUT2D eigenvalue weighted by Crippen LogP contribution is 2.21. The van der Waals surface area contributed by atoms with Crippen molar-refractivity contribution in [1.82, 2.24) is 14.9 Å². The summed E-state index contributed by atoms with van der Waals surface area (Å²) in [5.41, 5.74) is 1.52. The van der Waals surface area contributed by atoms with Gasteiger partial charge in [-0.1, -0.05) is 30.3 Å². The molecule has 0 fully saturated rings. The van der Waals surface area contributed by atoms with E-state index in [-0.39, 0.29) is 11.9 Å². The second-order valence-electron chi connectivity index (χ2n) is 5.10. The van der Waals surface area contributed by atoms with Crippen LogP contribution < -0.4 is 5.32 Å². The van der Waals surface area contributed by atoms with Gasteiger partial charge in [0.25, 0.3) is 5.91 Å². The predicted molar refractivity (Wildman–Crippen MR) is 82.4 cm³/mol. The number of carbonyl (C=O) groups excluding carboxylic acids is 1. The number of furan rings is 1. The molecule has 0 aliphatic heterocycles. The van der Waals surface area contributed by atoms with Gasteiger partial charge in [0.1, 0.15) is 17.6 Å². The summed E-state index contributed by atoms with van der Waals surface area (Å²) in [5, 5.41) is 3.04. The van der Waals surface area contributed by atoms with Gasteiger partial charge in [0.05, 0.1) is 11.8 Å². The van der Waals surface area contributed by atoms with Crippen molar-refractivity contribution in [3.63, 3.8) is 0 Å². The summed E-state index contributed by atoms with van der Waals surface area (Å²) in [7, 11) is 1.91. The van der Waals surface area contributed by atoms with Crippen LogP contribution in [0.1, 0.15) is 33.5 Å². The molecule has 5 nitrogen and oxygen atoms in total. The first-order valence-corrected chi connectivity index (χ1v) is 7.04. The third-order valence-corrected chi connectivity index (χ3v) is 3.63. The number of aryl methyl sites for hydroxylation is 2. The maximum absolute atomic E-state index is 12.5. The average molecular weight is 295 g/mol. The molecule has 1 atom stereocenters. The molecule has 3 rings (SSSR count). The van der Waals surface area contributed by atoms with E-state index >= 15 is 0 Å². The molecular formula is C17H17N3O2. The molecule has 3 aromatic rings. The number of amides is 1. The molecule has 0 saturated heterocycles. The summed E-state index contributed by atoms with van der Waals surface area (Å²) in [6.45, 7) is 1.77. The Morgan fingerprint density at radius 3 is 2.64 bits per heavy atom. The normalized spacial score (nSPS) is 12.1. The molecule has 0 saturated carbocycles. The van der Waals surface area contributed by atoms with Crippen LogP contribution >= 0.6 is 0 Å². The molecule has 1 aromatic carbocycles. The van der Waals surface area contributed by atoms with Crippen LogP contribution in [0.4, 0.5) is 0 Å². The van der Waals surface area contributed by atoms with Gasteiger partial charge in [-0.15, -0.1) is 0 Å². The molecule has 0 bridgehead atoms. The van der Waals surface area contributed by atoms with E-state index < -0.39 is 0 Å². The van der Waals surface area contributed by atoms with E-state index in [1.165, 1.54) is 6.26 Å². The first-order valence-electron chi connectivity index (χ1n) is 7.04. The highest BCUT2D eigenvalue weighted by atomic mass is 16.3. The van der Waals surface area contributed by atoms with Crippen molar-refractivity contribution in [3.05, 3.63) is 77.8 Å². The summed E-state index contributed by atoms with van der Waals surface area (Å²) < 4.78 is 7.11. The lowest BCUT2D eigenvalue weighted by Crippen LogP contribution is -2.31. The van der Waals surface area contributed by atoms with E-state index in [2.05, 4.69) is 10.3 Å². The Hall–Kier alpha value is -2.82. The lowest BCUT2D eigenvalue weighted by atomic mass is 10.1. The molecule has 0 aliphatic carbocycles. The monoisotopic (exact) mass is 295 g/mol. The first kappa shape index (κ1) is 14.1. The Labute approximate surface area is 128 Å². The van der Waals surface area contributed by atoms with Crippen LogP contribution in [0.2, 0.25) is 0 Å². The molecule has 0 radical (unpaired) electrons. The molecule has 0 spiro atoms. The van der Waals surface area contributed by atoms with E-state index in [4.69, 9.17) is 4.42 Å². The van der Waals surface area contributed by atoms with Crippen molar-refractivity contribution in [2.75, 3.05) is 0 Å². The summed E-state index contributed by atoms with van der Waals surface area (Å²) in [6.07, 6.45) is 5.10. The van der Waals surface area contributed by atoms with Gasteiger partial charge in [0, 0.05) is 19.4 Å². The number of benzene rings is 1. The number of rotatable bonds is 4. The largest absolute Gasteiger partial charge is 0.469 e. The molecule has 1 amide bonds. The number of aromatic nitrogens is 2. The topological polar surface area (TPSA) is 60.1 Å². The number of nitrogens with zero attached hydrogens (tertiary/aromatic N) is 2. The van der Waals surface area contributed by atoms with Gasteiger partial charge in [0.2, 0.25) is 0 Å². The van der Waals surface area contributed by atoms with Crippen LogP contribution in [-0.4, -0.2) is 15.5 Å². The summed E-state index contributed by atoms with van der Waals surface area (Å²) in [6, 6.07) is 11.1. The van der Waals surface area contributed by atoms with E-state index in [1.807, 2.05) is 48.1 Å². The number of nitrogens with one attached hydrogen (secondary N) is 1. The quantitative estimate of drug-likeness (QED) is 0.805. The van der Waals surface area contributed by atoms with Gasteiger partial charge < -0.3 is 14.3 Å². The van der Waals surface area contributed by atoms with E-state index in [1.54, 1.807) is 19.2 Å². The summed E-state index contributed by atoms with van der Waals surface area (Å²) >= 11 is 0. The second-order valence-corrected chi connectivity index (χ2v) is 5.10. The van der Waals surface area contributed by atoms with Gasteiger partial charge in [-0.3, -0.25) is 4.79 Å². The number of hydrogen-bond donors (Lipinski definition) is 1. The van der Waals surface area contributed by atoms with Crippen LogP contribution in [-0.2, 0) is 7.05 Å². The van der Waals surface area contributed by atoms with Crippen molar-refractivity contribution in [2.24, 2.45) is 7.05 Å². The smallest absolute Gasteiger partial charge is 0.255 e. The van der Waals surface area contributed by atoms with Crippen LogP contribution in [0.3, 0.4) is 0 Å². The average Bonchev–Trinajstić information content (AvgIpc) is 3.14. The SMILES string of the molecule is Cc1occc1C(=O)NC(c1ccccc1)c1nccn1C.